The average molecular weight is 381 g/mol. The molecule has 1 spiro atoms. The first-order valence-corrected chi connectivity index (χ1v) is 13.8. The lowest BCUT2D eigenvalue weighted by Crippen LogP contribution is -2.55. The van der Waals surface area contributed by atoms with Gasteiger partial charge in [-0.3, -0.25) is 0 Å². The second-order valence-corrected chi connectivity index (χ2v) is 14.4. The van der Waals surface area contributed by atoms with Gasteiger partial charge in [-0.05, 0) is 19.3 Å². The van der Waals surface area contributed by atoms with E-state index in [9.17, 15) is 5.11 Å². The normalized spacial score (nSPS) is 38.4. The number of ether oxygens (including phenoxy) is 3. The predicted molar refractivity (Wildman–Crippen MR) is 107 cm³/mol. The maximum Gasteiger partial charge on any atom is 0.169 e. The molecule has 1 N–H and O–H groups in total. The van der Waals surface area contributed by atoms with Gasteiger partial charge in [-0.25, -0.2) is 0 Å². The van der Waals surface area contributed by atoms with Crippen LogP contribution in [0.2, 0.25) is 19.6 Å². The van der Waals surface area contributed by atoms with Crippen LogP contribution >= 0.6 is 0 Å². The summed E-state index contributed by atoms with van der Waals surface area (Å²) in [6.45, 7) is 12.8. The highest BCUT2D eigenvalue weighted by molar-refractivity contribution is 6.80. The van der Waals surface area contributed by atoms with Crippen LogP contribution in [0.15, 0.2) is 24.4 Å². The van der Waals surface area contributed by atoms with Crippen LogP contribution in [0.1, 0.15) is 45.4 Å². The van der Waals surface area contributed by atoms with Crippen LogP contribution < -0.4 is 0 Å². The number of hydrogen-bond donors (Lipinski definition) is 1. The summed E-state index contributed by atoms with van der Waals surface area (Å²) in [6, 6.07) is 0. The fraction of sp³-hybridized carbons (Fsp3) is 0.810. The smallest absolute Gasteiger partial charge is 0.169 e. The summed E-state index contributed by atoms with van der Waals surface area (Å²) >= 11 is 0. The molecular weight excluding hydrogens is 344 g/mol. The van der Waals surface area contributed by atoms with Crippen molar-refractivity contribution in [2.24, 2.45) is 5.92 Å². The van der Waals surface area contributed by atoms with Crippen LogP contribution in [-0.4, -0.2) is 49.5 Å². The third kappa shape index (κ3) is 4.33. The lowest BCUT2D eigenvalue weighted by atomic mass is 9.85. The van der Waals surface area contributed by atoms with E-state index in [2.05, 4.69) is 38.8 Å². The average Bonchev–Trinajstić information content (AvgIpc) is 2.94. The SMILES string of the molecule is C=CC[C@@H]1O[C@@H]([C@@H](O)/C=C/[Si](C)(C)C)C2OC3(CCCCC3)O[C@H]2[C@H]1C. The molecular formula is C21H36O4Si. The summed E-state index contributed by atoms with van der Waals surface area (Å²) in [5, 5.41) is 10.9. The Hall–Kier alpha value is -0.463. The molecule has 2 aliphatic heterocycles. The van der Waals surface area contributed by atoms with Crippen LogP contribution in [0.3, 0.4) is 0 Å². The number of fused-ring (bicyclic) bond motifs is 1. The summed E-state index contributed by atoms with van der Waals surface area (Å²) in [5.74, 6) is -0.238. The standard InChI is InChI=1S/C21H36O4Si/c1-6-10-17-15(2)18-20(25-21(24-18)12-8-7-9-13-21)19(23-17)16(22)11-14-26(3,4)5/h6,11,14-20,22H,1,7-10,12-13H2,2-5H3/b14-11+/t15-,16-,17-,18-,19-,20?/m0/s1. The highest BCUT2D eigenvalue weighted by Crippen LogP contribution is 2.47. The van der Waals surface area contributed by atoms with E-state index in [-0.39, 0.29) is 30.3 Å². The molecule has 2 saturated heterocycles. The fourth-order valence-electron chi connectivity index (χ4n) is 4.47. The van der Waals surface area contributed by atoms with Crippen molar-refractivity contribution in [3.8, 4) is 0 Å². The monoisotopic (exact) mass is 380 g/mol. The molecule has 5 heteroatoms. The van der Waals surface area contributed by atoms with E-state index in [0.717, 1.165) is 32.1 Å². The molecule has 1 unspecified atom stereocenters. The molecule has 3 fully saturated rings. The molecule has 0 radical (unpaired) electrons. The first-order chi connectivity index (χ1) is 12.2. The minimum atomic E-state index is -1.39. The van der Waals surface area contributed by atoms with Gasteiger partial charge < -0.3 is 19.3 Å². The molecule has 0 amide bonds. The van der Waals surface area contributed by atoms with Crippen molar-refractivity contribution in [3.63, 3.8) is 0 Å². The summed E-state index contributed by atoms with van der Waals surface area (Å²) < 4.78 is 19.4. The second-order valence-electron chi connectivity index (χ2n) is 9.37. The molecule has 0 bridgehead atoms. The molecule has 148 valence electrons. The number of aliphatic hydroxyl groups is 1. The molecule has 0 aromatic carbocycles. The molecule has 2 heterocycles. The van der Waals surface area contributed by atoms with Gasteiger partial charge in [-0.15, -0.1) is 6.58 Å². The van der Waals surface area contributed by atoms with Crippen molar-refractivity contribution < 1.29 is 19.3 Å². The highest BCUT2D eigenvalue weighted by atomic mass is 28.3. The number of rotatable bonds is 5. The Morgan fingerprint density at radius 1 is 1.15 bits per heavy atom. The Morgan fingerprint density at radius 3 is 2.42 bits per heavy atom. The largest absolute Gasteiger partial charge is 0.386 e. The van der Waals surface area contributed by atoms with Gasteiger partial charge in [0.25, 0.3) is 0 Å². The summed E-state index contributed by atoms with van der Waals surface area (Å²) in [7, 11) is -1.39. The zero-order chi connectivity index (χ0) is 18.9. The van der Waals surface area contributed by atoms with Crippen molar-refractivity contribution in [2.75, 3.05) is 0 Å². The minimum absolute atomic E-state index is 0.0102. The topological polar surface area (TPSA) is 47.9 Å². The molecule has 0 aromatic heterocycles. The Morgan fingerprint density at radius 2 is 1.81 bits per heavy atom. The van der Waals surface area contributed by atoms with Crippen LogP contribution in [-0.2, 0) is 14.2 Å². The Balaban J connectivity index is 1.82. The van der Waals surface area contributed by atoms with E-state index in [1.54, 1.807) is 0 Å². The molecule has 1 aliphatic carbocycles. The van der Waals surface area contributed by atoms with E-state index in [4.69, 9.17) is 14.2 Å². The van der Waals surface area contributed by atoms with Crippen LogP contribution in [0.25, 0.3) is 0 Å². The first kappa shape index (κ1) is 20.3. The zero-order valence-electron chi connectivity index (χ0n) is 16.8. The Kier molecular flexibility index (Phi) is 6.14. The van der Waals surface area contributed by atoms with Crippen LogP contribution in [0, 0.1) is 5.92 Å². The van der Waals surface area contributed by atoms with E-state index in [0.29, 0.717) is 0 Å². The van der Waals surface area contributed by atoms with Crippen LogP contribution in [0.4, 0.5) is 0 Å². The highest BCUT2D eigenvalue weighted by Gasteiger charge is 2.57. The third-order valence-corrected chi connectivity index (χ3v) is 7.12. The quantitative estimate of drug-likeness (QED) is 0.573. The van der Waals surface area contributed by atoms with Gasteiger partial charge >= 0.3 is 0 Å². The Bertz CT molecular complexity index is 521. The van der Waals surface area contributed by atoms with Gasteiger partial charge in [0.15, 0.2) is 5.79 Å². The van der Waals surface area contributed by atoms with Gasteiger partial charge in [0.1, 0.15) is 18.3 Å². The van der Waals surface area contributed by atoms with Gasteiger partial charge in [0, 0.05) is 18.8 Å². The first-order valence-electron chi connectivity index (χ1n) is 10.2. The lowest BCUT2D eigenvalue weighted by molar-refractivity contribution is -0.204. The van der Waals surface area contributed by atoms with Crippen molar-refractivity contribution in [3.05, 3.63) is 24.4 Å². The van der Waals surface area contributed by atoms with Crippen molar-refractivity contribution >= 4 is 8.07 Å². The van der Waals surface area contributed by atoms with E-state index in [1.165, 1.54) is 6.42 Å². The molecule has 6 atom stereocenters. The number of aliphatic hydroxyl groups excluding tert-OH is 1. The summed E-state index contributed by atoms with van der Waals surface area (Å²) in [5.41, 5.74) is 2.18. The van der Waals surface area contributed by atoms with E-state index in [1.807, 2.05) is 12.2 Å². The predicted octanol–water partition coefficient (Wildman–Crippen LogP) is 4.20. The molecule has 4 nitrogen and oxygen atoms in total. The third-order valence-electron chi connectivity index (χ3n) is 5.93. The maximum atomic E-state index is 10.9. The van der Waals surface area contributed by atoms with E-state index >= 15 is 0 Å². The molecule has 3 rings (SSSR count). The molecule has 3 aliphatic rings. The van der Waals surface area contributed by atoms with Crippen molar-refractivity contribution in [1.82, 2.24) is 0 Å². The van der Waals surface area contributed by atoms with Gasteiger partial charge in [-0.2, -0.15) is 0 Å². The maximum absolute atomic E-state index is 10.9. The molecule has 26 heavy (non-hydrogen) atoms. The number of hydrogen-bond acceptors (Lipinski definition) is 4. The second kappa shape index (κ2) is 7.88. The van der Waals surface area contributed by atoms with Crippen molar-refractivity contribution in [1.29, 1.82) is 0 Å². The summed E-state index contributed by atoms with van der Waals surface area (Å²) in [6.07, 6.45) is 8.76. The van der Waals surface area contributed by atoms with Gasteiger partial charge in [0.2, 0.25) is 0 Å². The van der Waals surface area contributed by atoms with E-state index < -0.39 is 20.0 Å². The van der Waals surface area contributed by atoms with Gasteiger partial charge in [0.05, 0.1) is 20.3 Å². The minimum Gasteiger partial charge on any atom is -0.386 e. The fourth-order valence-corrected chi connectivity index (χ4v) is 5.24. The zero-order valence-corrected chi connectivity index (χ0v) is 17.8. The van der Waals surface area contributed by atoms with Crippen molar-refractivity contribution in [2.45, 2.75) is 101 Å². The Labute approximate surface area is 159 Å². The van der Waals surface area contributed by atoms with Gasteiger partial charge in [-0.1, -0.05) is 50.8 Å². The van der Waals surface area contributed by atoms with Crippen LogP contribution in [0.5, 0.6) is 0 Å². The summed E-state index contributed by atoms with van der Waals surface area (Å²) in [4.78, 5) is 0. The molecule has 0 aromatic rings. The lowest BCUT2D eigenvalue weighted by Gasteiger charge is -2.42. The molecule has 1 saturated carbocycles.